The minimum atomic E-state index is -3.69. The summed E-state index contributed by atoms with van der Waals surface area (Å²) < 4.78 is 25.3. The molecular weight excluding hydrogens is 407 g/mol. The van der Waals surface area contributed by atoms with Gasteiger partial charge in [-0.2, -0.15) is 0 Å². The van der Waals surface area contributed by atoms with Crippen LogP contribution in [0.4, 0.5) is 11.4 Å². The van der Waals surface area contributed by atoms with Crippen molar-refractivity contribution in [3.63, 3.8) is 0 Å². The molecule has 0 aliphatic heterocycles. The predicted molar refractivity (Wildman–Crippen MR) is 103 cm³/mol. The molecule has 0 heterocycles. The van der Waals surface area contributed by atoms with E-state index in [4.69, 9.17) is 34.8 Å². The highest BCUT2D eigenvalue weighted by molar-refractivity contribution is 7.92. The molecule has 0 radical (unpaired) electrons. The zero-order valence-corrected chi connectivity index (χ0v) is 16.5. The standard InChI is InChI=1S/C16H15Cl3N2O3S/c1-10-8-11(17)6-7-14(10)21(25(2,23)24)9-15(22)20-13-5-3-4-12(18)16(13)19/h3-8H,9H2,1-2H3,(H,20,22). The van der Waals surface area contributed by atoms with Crippen molar-refractivity contribution < 1.29 is 13.2 Å². The molecule has 5 nitrogen and oxygen atoms in total. The Kier molecular flexibility index (Phi) is 6.21. The third-order valence-electron chi connectivity index (χ3n) is 3.34. The summed E-state index contributed by atoms with van der Waals surface area (Å²) in [5, 5.41) is 3.51. The molecule has 2 rings (SSSR count). The minimum Gasteiger partial charge on any atom is -0.323 e. The number of benzene rings is 2. The number of anilines is 2. The quantitative estimate of drug-likeness (QED) is 0.780. The number of nitrogens with zero attached hydrogens (tertiary/aromatic N) is 1. The number of hydrogen-bond acceptors (Lipinski definition) is 3. The van der Waals surface area contributed by atoms with Gasteiger partial charge in [0.25, 0.3) is 0 Å². The van der Waals surface area contributed by atoms with Crippen LogP contribution in [0.25, 0.3) is 0 Å². The molecule has 0 saturated carbocycles. The van der Waals surface area contributed by atoms with Gasteiger partial charge in [-0.25, -0.2) is 8.42 Å². The SMILES string of the molecule is Cc1cc(Cl)ccc1N(CC(=O)Nc1cccc(Cl)c1Cl)S(C)(=O)=O. The minimum absolute atomic E-state index is 0.186. The van der Waals surface area contributed by atoms with E-state index in [-0.39, 0.29) is 10.0 Å². The number of hydrogen-bond donors (Lipinski definition) is 1. The zero-order chi connectivity index (χ0) is 18.8. The number of carbonyl (C=O) groups is 1. The molecule has 0 unspecified atom stereocenters. The van der Waals surface area contributed by atoms with Crippen LogP contribution in [-0.2, 0) is 14.8 Å². The molecule has 134 valence electrons. The Bertz CT molecular complexity index is 917. The number of nitrogens with one attached hydrogen (secondary N) is 1. The maximum Gasteiger partial charge on any atom is 0.245 e. The molecule has 25 heavy (non-hydrogen) atoms. The molecule has 2 aromatic rings. The predicted octanol–water partition coefficient (Wildman–Crippen LogP) is 4.36. The van der Waals surface area contributed by atoms with Gasteiger partial charge < -0.3 is 5.32 Å². The average molecular weight is 422 g/mol. The van der Waals surface area contributed by atoms with E-state index in [0.717, 1.165) is 10.6 Å². The summed E-state index contributed by atoms with van der Waals surface area (Å²) in [5.74, 6) is -0.552. The lowest BCUT2D eigenvalue weighted by Gasteiger charge is -2.24. The van der Waals surface area contributed by atoms with Crippen molar-refractivity contribution in [2.24, 2.45) is 0 Å². The van der Waals surface area contributed by atoms with E-state index >= 15 is 0 Å². The molecule has 0 fully saturated rings. The second-order valence-electron chi connectivity index (χ2n) is 5.35. The summed E-state index contributed by atoms with van der Waals surface area (Å²) in [6, 6.07) is 9.53. The maximum atomic E-state index is 12.3. The second-order valence-corrected chi connectivity index (χ2v) is 8.48. The monoisotopic (exact) mass is 420 g/mol. The number of rotatable bonds is 5. The van der Waals surface area contributed by atoms with Crippen molar-refractivity contribution in [1.82, 2.24) is 0 Å². The highest BCUT2D eigenvalue weighted by Crippen LogP contribution is 2.30. The topological polar surface area (TPSA) is 66.5 Å². The van der Waals surface area contributed by atoms with E-state index in [2.05, 4.69) is 5.32 Å². The van der Waals surface area contributed by atoms with Crippen LogP contribution < -0.4 is 9.62 Å². The lowest BCUT2D eigenvalue weighted by Crippen LogP contribution is -2.37. The Labute approximate surface area is 161 Å². The molecule has 1 N–H and O–H groups in total. The van der Waals surface area contributed by atoms with Gasteiger partial charge in [0.15, 0.2) is 0 Å². The number of halogens is 3. The van der Waals surface area contributed by atoms with Gasteiger partial charge in [-0.3, -0.25) is 9.10 Å². The van der Waals surface area contributed by atoms with Crippen molar-refractivity contribution >= 4 is 62.1 Å². The number of aryl methyl sites for hydroxylation is 1. The average Bonchev–Trinajstić information content (AvgIpc) is 2.49. The van der Waals surface area contributed by atoms with Gasteiger partial charge in [-0.15, -0.1) is 0 Å². The first kappa shape index (κ1) is 19.8. The van der Waals surface area contributed by atoms with E-state index in [9.17, 15) is 13.2 Å². The van der Waals surface area contributed by atoms with Crippen LogP contribution in [0.15, 0.2) is 36.4 Å². The van der Waals surface area contributed by atoms with Gasteiger partial charge in [0.05, 0.1) is 27.7 Å². The van der Waals surface area contributed by atoms with Gasteiger partial charge in [-0.05, 0) is 42.8 Å². The van der Waals surface area contributed by atoms with Crippen molar-refractivity contribution in [2.75, 3.05) is 22.4 Å². The van der Waals surface area contributed by atoms with E-state index in [1.54, 1.807) is 43.3 Å². The van der Waals surface area contributed by atoms with Gasteiger partial charge in [0.2, 0.25) is 15.9 Å². The fourth-order valence-electron chi connectivity index (χ4n) is 2.20. The normalized spacial score (nSPS) is 11.2. The number of amides is 1. The smallest absolute Gasteiger partial charge is 0.245 e. The summed E-state index contributed by atoms with van der Waals surface area (Å²) in [6.07, 6.45) is 1.03. The van der Waals surface area contributed by atoms with Crippen molar-refractivity contribution in [2.45, 2.75) is 6.92 Å². The molecule has 0 atom stereocenters. The number of carbonyl (C=O) groups excluding carboxylic acids is 1. The molecule has 0 spiro atoms. The van der Waals surface area contributed by atoms with Crippen LogP contribution in [0.1, 0.15) is 5.56 Å². The third-order valence-corrected chi connectivity index (χ3v) is 5.52. The first-order chi connectivity index (χ1) is 11.6. The van der Waals surface area contributed by atoms with E-state index < -0.39 is 22.5 Å². The van der Waals surface area contributed by atoms with Gasteiger partial charge in [0, 0.05) is 5.02 Å². The van der Waals surface area contributed by atoms with E-state index in [1.807, 2.05) is 0 Å². The summed E-state index contributed by atoms with van der Waals surface area (Å²) in [5.41, 5.74) is 1.31. The van der Waals surface area contributed by atoms with Crippen LogP contribution in [0.3, 0.4) is 0 Å². The Hall–Kier alpha value is -1.47. The molecule has 2 aromatic carbocycles. The fourth-order valence-corrected chi connectivity index (χ4v) is 3.69. The molecule has 9 heteroatoms. The highest BCUT2D eigenvalue weighted by atomic mass is 35.5. The third kappa shape index (κ3) is 5.01. The summed E-state index contributed by atoms with van der Waals surface area (Å²) >= 11 is 17.8. The molecule has 0 aliphatic carbocycles. The Balaban J connectivity index is 2.29. The highest BCUT2D eigenvalue weighted by Gasteiger charge is 2.23. The zero-order valence-electron chi connectivity index (χ0n) is 13.4. The van der Waals surface area contributed by atoms with Crippen LogP contribution in [0, 0.1) is 6.92 Å². The Morgan fingerprint density at radius 3 is 2.44 bits per heavy atom. The van der Waals surface area contributed by atoms with Gasteiger partial charge >= 0.3 is 0 Å². The Morgan fingerprint density at radius 2 is 1.84 bits per heavy atom. The van der Waals surface area contributed by atoms with Gasteiger partial charge in [-0.1, -0.05) is 40.9 Å². The Morgan fingerprint density at radius 1 is 1.16 bits per heavy atom. The van der Waals surface area contributed by atoms with Gasteiger partial charge in [0.1, 0.15) is 6.54 Å². The summed E-state index contributed by atoms with van der Waals surface area (Å²) in [6.45, 7) is 1.30. The van der Waals surface area contributed by atoms with Crippen molar-refractivity contribution in [3.05, 3.63) is 57.0 Å². The van der Waals surface area contributed by atoms with Crippen LogP contribution in [0.2, 0.25) is 15.1 Å². The number of sulfonamides is 1. The van der Waals surface area contributed by atoms with Crippen LogP contribution in [0.5, 0.6) is 0 Å². The fraction of sp³-hybridized carbons (Fsp3) is 0.188. The van der Waals surface area contributed by atoms with Crippen LogP contribution >= 0.6 is 34.8 Å². The lowest BCUT2D eigenvalue weighted by molar-refractivity contribution is -0.114. The second kappa shape index (κ2) is 7.83. The van der Waals surface area contributed by atoms with Crippen molar-refractivity contribution in [3.8, 4) is 0 Å². The molecule has 0 aliphatic rings. The largest absolute Gasteiger partial charge is 0.323 e. The molecule has 0 bridgehead atoms. The van der Waals surface area contributed by atoms with E-state index in [1.165, 1.54) is 0 Å². The molecule has 0 saturated heterocycles. The molecular formula is C16H15Cl3N2O3S. The molecule has 1 amide bonds. The van der Waals surface area contributed by atoms with Crippen LogP contribution in [-0.4, -0.2) is 27.1 Å². The van der Waals surface area contributed by atoms with Crippen molar-refractivity contribution in [1.29, 1.82) is 0 Å². The summed E-state index contributed by atoms with van der Waals surface area (Å²) in [7, 11) is -3.69. The summed E-state index contributed by atoms with van der Waals surface area (Å²) in [4.78, 5) is 12.3. The lowest BCUT2D eigenvalue weighted by atomic mass is 10.2. The first-order valence-electron chi connectivity index (χ1n) is 7.07. The first-order valence-corrected chi connectivity index (χ1v) is 10.1. The maximum absolute atomic E-state index is 12.3. The van der Waals surface area contributed by atoms with E-state index in [0.29, 0.717) is 22.0 Å². The molecule has 0 aromatic heterocycles.